The van der Waals surface area contributed by atoms with E-state index in [9.17, 15) is 4.79 Å². The molecule has 3 heterocycles. The summed E-state index contributed by atoms with van der Waals surface area (Å²) in [6.45, 7) is 2.71. The Bertz CT molecular complexity index is 701. The van der Waals surface area contributed by atoms with Crippen molar-refractivity contribution >= 4 is 17.2 Å². The number of hydrogen-bond acceptors (Lipinski definition) is 4. The smallest absolute Gasteiger partial charge is 0.276 e. The van der Waals surface area contributed by atoms with Gasteiger partial charge in [0.05, 0.1) is 4.88 Å². The van der Waals surface area contributed by atoms with Gasteiger partial charge in [0, 0.05) is 12.6 Å². The lowest BCUT2D eigenvalue weighted by atomic mass is 9.83. The molecule has 1 saturated carbocycles. The number of oxazole rings is 1. The van der Waals surface area contributed by atoms with Crippen LogP contribution in [0.1, 0.15) is 61.2 Å². The molecule has 2 aromatic heterocycles. The fourth-order valence-electron chi connectivity index (χ4n) is 4.29. The first-order chi connectivity index (χ1) is 11.7. The molecule has 0 spiro atoms. The van der Waals surface area contributed by atoms with Crippen LogP contribution in [-0.4, -0.2) is 28.4 Å². The fourth-order valence-corrected chi connectivity index (χ4v) is 4.94. The third-order valence-electron chi connectivity index (χ3n) is 5.49. The lowest BCUT2D eigenvalue weighted by Gasteiger charge is -2.33. The predicted octanol–water partition coefficient (Wildman–Crippen LogP) is 4.90. The molecule has 1 amide bonds. The van der Waals surface area contributed by atoms with E-state index < -0.39 is 0 Å². The van der Waals surface area contributed by atoms with Gasteiger partial charge in [-0.25, -0.2) is 4.98 Å². The van der Waals surface area contributed by atoms with Crippen molar-refractivity contribution in [3.05, 3.63) is 29.0 Å². The van der Waals surface area contributed by atoms with Gasteiger partial charge in [-0.3, -0.25) is 4.79 Å². The second-order valence-electron chi connectivity index (χ2n) is 7.01. The van der Waals surface area contributed by atoms with Gasteiger partial charge in [0.1, 0.15) is 5.76 Å². The van der Waals surface area contributed by atoms with E-state index in [4.69, 9.17) is 4.42 Å². The summed E-state index contributed by atoms with van der Waals surface area (Å²) in [5, 5.41) is 2.00. The molecule has 128 valence electrons. The standard InChI is InChI=1S/C19H24N2O2S/c1-13-17(20-18(23-13)16-10-6-12-24-16)19(22)21-11-5-9-15(21)14-7-3-2-4-8-14/h6,10,12,14-15H,2-5,7-9,11H2,1H3. The molecule has 2 aliphatic rings. The molecule has 1 saturated heterocycles. The van der Waals surface area contributed by atoms with E-state index in [0.717, 1.165) is 24.3 Å². The van der Waals surface area contributed by atoms with E-state index in [1.54, 1.807) is 11.3 Å². The van der Waals surface area contributed by atoms with E-state index in [0.29, 0.717) is 29.3 Å². The number of thiophene rings is 1. The third kappa shape index (κ3) is 2.90. The van der Waals surface area contributed by atoms with E-state index in [1.165, 1.54) is 32.1 Å². The van der Waals surface area contributed by atoms with Gasteiger partial charge in [-0.15, -0.1) is 11.3 Å². The van der Waals surface area contributed by atoms with Gasteiger partial charge >= 0.3 is 0 Å². The van der Waals surface area contributed by atoms with Crippen molar-refractivity contribution in [2.45, 2.75) is 57.9 Å². The first-order valence-corrected chi connectivity index (χ1v) is 9.94. The van der Waals surface area contributed by atoms with Crippen LogP contribution in [0.4, 0.5) is 0 Å². The van der Waals surface area contributed by atoms with Gasteiger partial charge in [-0.1, -0.05) is 25.3 Å². The average Bonchev–Trinajstić information content (AvgIpc) is 3.35. The van der Waals surface area contributed by atoms with Gasteiger partial charge in [0.25, 0.3) is 5.91 Å². The first-order valence-electron chi connectivity index (χ1n) is 9.06. The summed E-state index contributed by atoms with van der Waals surface area (Å²) in [7, 11) is 0. The Balaban J connectivity index is 1.56. The summed E-state index contributed by atoms with van der Waals surface area (Å²) < 4.78 is 5.77. The van der Waals surface area contributed by atoms with Crippen LogP contribution in [0.3, 0.4) is 0 Å². The number of carbonyl (C=O) groups excluding carboxylic acids is 1. The lowest BCUT2D eigenvalue weighted by Crippen LogP contribution is -2.41. The molecule has 4 nitrogen and oxygen atoms in total. The number of amides is 1. The number of hydrogen-bond donors (Lipinski definition) is 0. The molecule has 2 fully saturated rings. The zero-order valence-corrected chi connectivity index (χ0v) is 15.0. The largest absolute Gasteiger partial charge is 0.440 e. The molecular formula is C19H24N2O2S. The second-order valence-corrected chi connectivity index (χ2v) is 7.96. The van der Waals surface area contributed by atoms with Crippen molar-refractivity contribution in [1.29, 1.82) is 0 Å². The summed E-state index contributed by atoms with van der Waals surface area (Å²) in [4.78, 5) is 20.7. The van der Waals surface area contributed by atoms with Crippen LogP contribution in [0.15, 0.2) is 21.9 Å². The van der Waals surface area contributed by atoms with E-state index >= 15 is 0 Å². The van der Waals surface area contributed by atoms with Crippen molar-refractivity contribution in [3.63, 3.8) is 0 Å². The van der Waals surface area contributed by atoms with Crippen molar-refractivity contribution in [3.8, 4) is 10.8 Å². The Morgan fingerprint density at radius 1 is 1.25 bits per heavy atom. The van der Waals surface area contributed by atoms with E-state index in [-0.39, 0.29) is 5.91 Å². The minimum absolute atomic E-state index is 0.0622. The number of likely N-dealkylation sites (tertiary alicyclic amines) is 1. The van der Waals surface area contributed by atoms with Crippen molar-refractivity contribution in [1.82, 2.24) is 9.88 Å². The van der Waals surface area contributed by atoms with Gasteiger partial charge in [0.15, 0.2) is 5.69 Å². The maximum atomic E-state index is 13.1. The predicted molar refractivity (Wildman–Crippen MR) is 95.2 cm³/mol. The molecule has 1 aliphatic carbocycles. The molecular weight excluding hydrogens is 320 g/mol. The highest BCUT2D eigenvalue weighted by molar-refractivity contribution is 7.13. The quantitative estimate of drug-likeness (QED) is 0.796. The number of rotatable bonds is 3. The molecule has 1 unspecified atom stereocenters. The highest BCUT2D eigenvalue weighted by atomic mass is 32.1. The molecule has 5 heteroatoms. The van der Waals surface area contributed by atoms with Crippen LogP contribution in [0.25, 0.3) is 10.8 Å². The maximum Gasteiger partial charge on any atom is 0.276 e. The summed E-state index contributed by atoms with van der Waals surface area (Å²) in [5.74, 6) is 1.94. The average molecular weight is 344 g/mol. The zero-order chi connectivity index (χ0) is 16.5. The first kappa shape index (κ1) is 15.9. The zero-order valence-electron chi connectivity index (χ0n) is 14.2. The molecule has 0 N–H and O–H groups in total. The van der Waals surface area contributed by atoms with Crippen molar-refractivity contribution in [2.75, 3.05) is 6.54 Å². The minimum atomic E-state index is 0.0622. The van der Waals surface area contributed by atoms with Gasteiger partial charge in [-0.2, -0.15) is 0 Å². The molecule has 4 rings (SSSR count). The Labute approximate surface area is 146 Å². The molecule has 0 bridgehead atoms. The molecule has 2 aromatic rings. The Morgan fingerprint density at radius 2 is 2.08 bits per heavy atom. The normalized spacial score (nSPS) is 22.2. The monoisotopic (exact) mass is 344 g/mol. The summed E-state index contributed by atoms with van der Waals surface area (Å²) in [5.41, 5.74) is 0.501. The fraction of sp³-hybridized carbons (Fsp3) is 0.579. The molecule has 1 atom stereocenters. The maximum absolute atomic E-state index is 13.1. The van der Waals surface area contributed by atoms with Crippen LogP contribution < -0.4 is 0 Å². The van der Waals surface area contributed by atoms with E-state index in [1.807, 2.05) is 24.4 Å². The summed E-state index contributed by atoms with van der Waals surface area (Å²) >= 11 is 1.58. The molecule has 24 heavy (non-hydrogen) atoms. The third-order valence-corrected chi connectivity index (χ3v) is 6.34. The van der Waals surface area contributed by atoms with Crippen LogP contribution in [-0.2, 0) is 0 Å². The number of aryl methyl sites for hydroxylation is 1. The SMILES string of the molecule is Cc1oc(-c2cccs2)nc1C(=O)N1CCCC1C1CCCCC1. The highest BCUT2D eigenvalue weighted by Crippen LogP contribution is 2.35. The van der Waals surface area contributed by atoms with Crippen molar-refractivity contribution < 1.29 is 9.21 Å². The summed E-state index contributed by atoms with van der Waals surface area (Å²) in [6.07, 6.45) is 8.78. The van der Waals surface area contributed by atoms with Crippen LogP contribution in [0.2, 0.25) is 0 Å². The van der Waals surface area contributed by atoms with E-state index in [2.05, 4.69) is 9.88 Å². The number of carbonyl (C=O) groups is 1. The lowest BCUT2D eigenvalue weighted by molar-refractivity contribution is 0.0654. The Hall–Kier alpha value is -1.62. The highest BCUT2D eigenvalue weighted by Gasteiger charge is 2.37. The van der Waals surface area contributed by atoms with Crippen LogP contribution in [0.5, 0.6) is 0 Å². The van der Waals surface area contributed by atoms with Gasteiger partial charge < -0.3 is 9.32 Å². The Kier molecular flexibility index (Phi) is 4.44. The topological polar surface area (TPSA) is 46.3 Å². The number of nitrogens with zero attached hydrogens (tertiary/aromatic N) is 2. The van der Waals surface area contributed by atoms with Gasteiger partial charge in [0.2, 0.25) is 5.89 Å². The van der Waals surface area contributed by atoms with Crippen LogP contribution >= 0.6 is 11.3 Å². The Morgan fingerprint density at radius 3 is 2.83 bits per heavy atom. The molecule has 0 radical (unpaired) electrons. The van der Waals surface area contributed by atoms with Crippen LogP contribution in [0, 0.1) is 12.8 Å². The molecule has 1 aliphatic heterocycles. The minimum Gasteiger partial charge on any atom is -0.440 e. The van der Waals surface area contributed by atoms with Crippen molar-refractivity contribution in [2.24, 2.45) is 5.92 Å². The number of aromatic nitrogens is 1. The summed E-state index contributed by atoms with van der Waals surface area (Å²) in [6, 6.07) is 4.35. The second kappa shape index (κ2) is 6.71. The molecule has 0 aromatic carbocycles. The van der Waals surface area contributed by atoms with Gasteiger partial charge in [-0.05, 0) is 50.0 Å².